The SMILES string of the molecule is CC(S)CC(=O)OCCn1c(=O)n(CCOC(=O)CCS)c(=O)n(CCOC(=O)CCS)c1=O. The Hall–Kier alpha value is -2.13. The molecule has 0 aliphatic carbocycles. The molecule has 192 valence electrons. The van der Waals surface area contributed by atoms with E-state index in [0.717, 1.165) is 13.7 Å². The average Bonchev–Trinajstić information content (AvgIpc) is 2.75. The highest BCUT2D eigenvalue weighted by atomic mass is 32.1. The molecule has 0 saturated carbocycles. The molecule has 15 heteroatoms. The largest absolute Gasteiger partial charge is 0.464 e. The number of esters is 3. The smallest absolute Gasteiger partial charge is 0.336 e. The maximum atomic E-state index is 12.8. The molecule has 1 atom stereocenters. The first-order valence-corrected chi connectivity index (χ1v) is 12.2. The number of aromatic nitrogens is 3. The topological polar surface area (TPSA) is 145 Å². The van der Waals surface area contributed by atoms with Crippen LogP contribution in [0.1, 0.15) is 26.2 Å². The highest BCUT2D eigenvalue weighted by Crippen LogP contribution is 2.00. The summed E-state index contributed by atoms with van der Waals surface area (Å²) in [6, 6.07) is 0. The van der Waals surface area contributed by atoms with Gasteiger partial charge in [-0.3, -0.25) is 14.4 Å². The van der Waals surface area contributed by atoms with Gasteiger partial charge in [-0.1, -0.05) is 6.92 Å². The Morgan fingerprint density at radius 3 is 1.32 bits per heavy atom. The molecule has 0 amide bonds. The van der Waals surface area contributed by atoms with Crippen LogP contribution >= 0.6 is 37.9 Å². The van der Waals surface area contributed by atoms with E-state index >= 15 is 0 Å². The zero-order valence-electron chi connectivity index (χ0n) is 18.7. The van der Waals surface area contributed by atoms with Crippen molar-refractivity contribution in [2.75, 3.05) is 31.3 Å². The van der Waals surface area contributed by atoms with Crippen LogP contribution in [0.3, 0.4) is 0 Å². The van der Waals surface area contributed by atoms with Gasteiger partial charge in [-0.05, 0) is 0 Å². The Kier molecular flexibility index (Phi) is 13.8. The lowest BCUT2D eigenvalue weighted by atomic mass is 10.3. The highest BCUT2D eigenvalue weighted by molar-refractivity contribution is 7.81. The molecule has 1 aromatic heterocycles. The molecule has 0 saturated heterocycles. The van der Waals surface area contributed by atoms with Crippen LogP contribution in [-0.2, 0) is 48.2 Å². The number of hydrogen-bond donors (Lipinski definition) is 3. The monoisotopic (exact) mass is 539 g/mol. The summed E-state index contributed by atoms with van der Waals surface area (Å²) < 4.78 is 17.1. The first-order chi connectivity index (χ1) is 16.1. The van der Waals surface area contributed by atoms with E-state index in [1.54, 1.807) is 6.92 Å². The van der Waals surface area contributed by atoms with Gasteiger partial charge in [0, 0.05) is 16.8 Å². The second-order valence-electron chi connectivity index (χ2n) is 6.96. The summed E-state index contributed by atoms with van der Waals surface area (Å²) in [4.78, 5) is 73.1. The number of hydrogen-bond acceptors (Lipinski definition) is 12. The predicted molar refractivity (Wildman–Crippen MR) is 132 cm³/mol. The molecule has 0 aliphatic rings. The van der Waals surface area contributed by atoms with E-state index in [4.69, 9.17) is 14.2 Å². The molecule has 0 N–H and O–H groups in total. The molecular formula is C19H29N3O9S3. The zero-order chi connectivity index (χ0) is 25.7. The van der Waals surface area contributed by atoms with Gasteiger partial charge >= 0.3 is 35.0 Å². The number of carbonyl (C=O) groups is 3. The van der Waals surface area contributed by atoms with E-state index in [9.17, 15) is 28.8 Å². The van der Waals surface area contributed by atoms with E-state index in [0.29, 0.717) is 0 Å². The number of carbonyl (C=O) groups excluding carboxylic acids is 3. The third kappa shape index (κ3) is 10.0. The first-order valence-electron chi connectivity index (χ1n) is 10.4. The highest BCUT2D eigenvalue weighted by Gasteiger charge is 2.17. The fourth-order valence-electron chi connectivity index (χ4n) is 2.64. The number of ether oxygens (including phenoxy) is 3. The summed E-state index contributed by atoms with van der Waals surface area (Å²) in [5.74, 6) is -1.13. The molecule has 0 radical (unpaired) electrons. The molecular weight excluding hydrogens is 510 g/mol. The Morgan fingerprint density at radius 2 is 1.03 bits per heavy atom. The van der Waals surface area contributed by atoms with Gasteiger partial charge in [-0.25, -0.2) is 28.1 Å². The van der Waals surface area contributed by atoms with Crippen molar-refractivity contribution in [3.8, 4) is 0 Å². The van der Waals surface area contributed by atoms with E-state index < -0.39 is 35.0 Å². The van der Waals surface area contributed by atoms with Crippen molar-refractivity contribution in [2.45, 2.75) is 51.1 Å². The lowest BCUT2D eigenvalue weighted by Crippen LogP contribution is -2.55. The van der Waals surface area contributed by atoms with Crippen molar-refractivity contribution >= 4 is 55.8 Å². The Labute approximate surface area is 211 Å². The summed E-state index contributed by atoms with van der Waals surface area (Å²) in [6.07, 6.45) is 0.141. The summed E-state index contributed by atoms with van der Waals surface area (Å²) in [5.41, 5.74) is -2.87. The van der Waals surface area contributed by atoms with Gasteiger partial charge < -0.3 is 14.2 Å². The average molecular weight is 540 g/mol. The molecule has 0 aromatic carbocycles. The molecule has 0 fully saturated rings. The molecule has 12 nitrogen and oxygen atoms in total. The van der Waals surface area contributed by atoms with E-state index in [1.165, 1.54) is 0 Å². The minimum atomic E-state index is -0.956. The fraction of sp³-hybridized carbons (Fsp3) is 0.684. The van der Waals surface area contributed by atoms with Crippen LogP contribution in [0.2, 0.25) is 0 Å². The molecule has 1 unspecified atom stereocenters. The molecule has 0 spiro atoms. The Morgan fingerprint density at radius 1 is 0.706 bits per heavy atom. The summed E-state index contributed by atoms with van der Waals surface area (Å²) in [7, 11) is 0. The van der Waals surface area contributed by atoms with E-state index in [1.807, 2.05) is 0 Å². The van der Waals surface area contributed by atoms with Gasteiger partial charge in [-0.15, -0.1) is 0 Å². The van der Waals surface area contributed by atoms with Gasteiger partial charge in [0.1, 0.15) is 19.8 Å². The normalized spacial score (nSPS) is 11.6. The van der Waals surface area contributed by atoms with Gasteiger partial charge in [0.25, 0.3) is 0 Å². The summed E-state index contributed by atoms with van der Waals surface area (Å²) in [5, 5.41) is -0.232. The van der Waals surface area contributed by atoms with Crippen LogP contribution in [0.25, 0.3) is 0 Å². The molecule has 1 heterocycles. The Bertz CT molecular complexity index is 955. The summed E-state index contributed by atoms with van der Waals surface area (Å²) >= 11 is 11.9. The van der Waals surface area contributed by atoms with Crippen LogP contribution in [0.15, 0.2) is 14.4 Å². The first kappa shape index (κ1) is 29.9. The zero-order valence-corrected chi connectivity index (χ0v) is 21.4. The molecule has 0 bridgehead atoms. The third-order valence-corrected chi connectivity index (χ3v) is 4.84. The second kappa shape index (κ2) is 15.7. The van der Waals surface area contributed by atoms with E-state index in [-0.39, 0.29) is 75.5 Å². The van der Waals surface area contributed by atoms with Crippen molar-refractivity contribution in [1.82, 2.24) is 13.7 Å². The van der Waals surface area contributed by atoms with Gasteiger partial charge in [0.05, 0.1) is 38.9 Å². The lowest BCUT2D eigenvalue weighted by Gasteiger charge is -2.14. The number of nitrogens with zero attached hydrogens (tertiary/aromatic N) is 3. The van der Waals surface area contributed by atoms with Crippen LogP contribution in [0.4, 0.5) is 0 Å². The van der Waals surface area contributed by atoms with Crippen molar-refractivity contribution < 1.29 is 28.6 Å². The predicted octanol–water partition coefficient (Wildman–Crippen LogP) is -0.850. The summed E-state index contributed by atoms with van der Waals surface area (Å²) in [6.45, 7) is -0.101. The van der Waals surface area contributed by atoms with Crippen molar-refractivity contribution in [3.05, 3.63) is 31.5 Å². The van der Waals surface area contributed by atoms with Crippen LogP contribution in [-0.4, -0.2) is 68.2 Å². The fourth-order valence-corrected chi connectivity index (χ4v) is 3.15. The van der Waals surface area contributed by atoms with Crippen molar-refractivity contribution in [1.29, 1.82) is 0 Å². The number of thiol groups is 3. The standard InChI is InChI=1S/C19H29N3O9S3/c1-13(34)12-16(25)31-9-6-22-18(27)20(4-7-29-14(23)2-10-32)17(26)21(19(22)28)5-8-30-15(24)3-11-33/h13,32-34H,2-12H2,1H3. The lowest BCUT2D eigenvalue weighted by molar-refractivity contribution is -0.144. The molecule has 0 aliphatic heterocycles. The van der Waals surface area contributed by atoms with Gasteiger partial charge in [0.15, 0.2) is 0 Å². The van der Waals surface area contributed by atoms with Crippen LogP contribution in [0.5, 0.6) is 0 Å². The maximum absolute atomic E-state index is 12.8. The molecule has 1 aromatic rings. The third-order valence-electron chi connectivity index (χ3n) is 4.21. The number of rotatable bonds is 15. The molecule has 1 rings (SSSR count). The maximum Gasteiger partial charge on any atom is 0.336 e. The minimum absolute atomic E-state index is 0.0387. The van der Waals surface area contributed by atoms with Gasteiger partial charge in [0.2, 0.25) is 0 Å². The van der Waals surface area contributed by atoms with Crippen LogP contribution < -0.4 is 17.1 Å². The quantitative estimate of drug-likeness (QED) is 0.147. The second-order valence-corrected chi connectivity index (χ2v) is 8.74. The van der Waals surface area contributed by atoms with Gasteiger partial charge in [-0.2, -0.15) is 37.9 Å². The van der Waals surface area contributed by atoms with Crippen molar-refractivity contribution in [2.24, 2.45) is 0 Å². The minimum Gasteiger partial charge on any atom is -0.464 e. The molecule has 34 heavy (non-hydrogen) atoms. The van der Waals surface area contributed by atoms with Crippen molar-refractivity contribution in [3.63, 3.8) is 0 Å². The Balaban J connectivity index is 3.13. The van der Waals surface area contributed by atoms with E-state index in [2.05, 4.69) is 37.9 Å². The van der Waals surface area contributed by atoms with Crippen LogP contribution in [0, 0.1) is 0 Å².